The van der Waals surface area contributed by atoms with Crippen LogP contribution in [0.1, 0.15) is 18.7 Å². The second-order valence-corrected chi connectivity index (χ2v) is 8.19. The summed E-state index contributed by atoms with van der Waals surface area (Å²) in [5.74, 6) is 2.64. The molecule has 1 aliphatic carbocycles. The zero-order valence-corrected chi connectivity index (χ0v) is 18.2. The molecule has 170 valence electrons. The molecule has 0 amide bonds. The first kappa shape index (κ1) is 21.1. The van der Waals surface area contributed by atoms with Crippen LogP contribution in [0.3, 0.4) is 0 Å². The second-order valence-electron chi connectivity index (χ2n) is 8.19. The van der Waals surface area contributed by atoms with Gasteiger partial charge in [0.05, 0.1) is 38.7 Å². The van der Waals surface area contributed by atoms with E-state index in [2.05, 4.69) is 45.0 Å². The summed E-state index contributed by atoms with van der Waals surface area (Å²) in [7, 11) is 0. The van der Waals surface area contributed by atoms with E-state index in [0.717, 1.165) is 56.4 Å². The van der Waals surface area contributed by atoms with Crippen LogP contribution >= 0.6 is 0 Å². The van der Waals surface area contributed by atoms with E-state index in [-0.39, 0.29) is 6.29 Å². The van der Waals surface area contributed by atoms with Crippen molar-refractivity contribution in [3.05, 3.63) is 48.0 Å². The fourth-order valence-electron chi connectivity index (χ4n) is 4.23. The monoisotopic (exact) mass is 438 g/mol. The van der Waals surface area contributed by atoms with E-state index < -0.39 is 0 Å². The Labute approximate surface area is 188 Å². The Hall–Kier alpha value is -2.75. The summed E-state index contributed by atoms with van der Waals surface area (Å²) in [5.41, 5.74) is 4.25. The average Bonchev–Trinajstić information content (AvgIpc) is 3.27. The number of allylic oxidation sites excluding steroid dienone is 2. The highest BCUT2D eigenvalue weighted by Crippen LogP contribution is 2.25. The van der Waals surface area contributed by atoms with E-state index in [1.807, 2.05) is 18.5 Å². The minimum Gasteiger partial charge on any atom is -0.383 e. The number of morpholine rings is 1. The first-order valence-corrected chi connectivity index (χ1v) is 11.4. The van der Waals surface area contributed by atoms with Gasteiger partial charge in [0.15, 0.2) is 12.1 Å². The Morgan fingerprint density at radius 2 is 1.97 bits per heavy atom. The molecule has 1 aromatic heterocycles. The van der Waals surface area contributed by atoms with Gasteiger partial charge in [0, 0.05) is 44.1 Å². The smallest absolute Gasteiger partial charge is 0.158 e. The predicted molar refractivity (Wildman–Crippen MR) is 123 cm³/mol. The summed E-state index contributed by atoms with van der Waals surface area (Å²) in [4.78, 5) is 11.7. The van der Waals surface area contributed by atoms with Crippen LogP contribution in [0.2, 0.25) is 0 Å². The van der Waals surface area contributed by atoms with Gasteiger partial charge in [0.25, 0.3) is 0 Å². The van der Waals surface area contributed by atoms with Crippen molar-refractivity contribution >= 4 is 17.9 Å². The van der Waals surface area contributed by atoms with Gasteiger partial charge in [-0.1, -0.05) is 24.3 Å². The molecule has 9 heteroatoms. The summed E-state index contributed by atoms with van der Waals surface area (Å²) < 4.78 is 16.8. The minimum absolute atomic E-state index is 0.179. The molecule has 32 heavy (non-hydrogen) atoms. The van der Waals surface area contributed by atoms with Crippen molar-refractivity contribution in [3.8, 4) is 0 Å². The van der Waals surface area contributed by atoms with Crippen molar-refractivity contribution in [2.24, 2.45) is 11.0 Å². The lowest BCUT2D eigenvalue weighted by molar-refractivity contribution is -0.180. The van der Waals surface area contributed by atoms with Crippen molar-refractivity contribution in [3.63, 3.8) is 0 Å². The lowest BCUT2D eigenvalue weighted by Gasteiger charge is -2.28. The normalized spacial score (nSPS) is 25.6. The van der Waals surface area contributed by atoms with Gasteiger partial charge in [0.2, 0.25) is 0 Å². The van der Waals surface area contributed by atoms with Gasteiger partial charge >= 0.3 is 0 Å². The van der Waals surface area contributed by atoms with Crippen LogP contribution in [0, 0.1) is 5.92 Å². The summed E-state index contributed by atoms with van der Waals surface area (Å²) in [5, 5.41) is 7.85. The number of aromatic nitrogens is 2. The molecule has 2 unspecified atom stereocenters. The highest BCUT2D eigenvalue weighted by atomic mass is 16.7. The molecule has 2 atom stereocenters. The molecule has 3 aliphatic heterocycles. The molecule has 0 spiro atoms. The largest absolute Gasteiger partial charge is 0.383 e. The molecule has 0 radical (unpaired) electrons. The van der Waals surface area contributed by atoms with Crippen LogP contribution in [0.25, 0.3) is 0 Å². The number of hydrazone groups is 1. The van der Waals surface area contributed by atoms with Gasteiger partial charge in [0.1, 0.15) is 11.6 Å². The highest BCUT2D eigenvalue weighted by molar-refractivity contribution is 5.81. The number of hydrogen-bond acceptors (Lipinski definition) is 9. The standard InChI is InChI=1S/C23H30N6O3/c1-2-5-19-18(4-1)17(15-24-19)16-25-28-21-14-22(29-8-12-30-13-9-29)27-20(26-21)6-7-23-31-10-3-11-32-23/h1-2,4-5,14-16,18-19,23-24H,3,6-13H2,(H,26,27,28)/b25-16+. The maximum absolute atomic E-state index is 5.68. The van der Waals surface area contributed by atoms with Crippen LogP contribution in [-0.4, -0.2) is 68.0 Å². The summed E-state index contributed by atoms with van der Waals surface area (Å²) in [6.07, 6.45) is 14.6. The third kappa shape index (κ3) is 5.17. The Morgan fingerprint density at radius 3 is 2.84 bits per heavy atom. The van der Waals surface area contributed by atoms with Crippen molar-refractivity contribution in [2.45, 2.75) is 31.6 Å². The topological polar surface area (TPSA) is 93.1 Å². The molecule has 4 aliphatic rings. The Kier molecular flexibility index (Phi) is 6.76. The quantitative estimate of drug-likeness (QED) is 0.493. The molecule has 0 bridgehead atoms. The number of fused-ring (bicyclic) bond motifs is 1. The van der Waals surface area contributed by atoms with Gasteiger partial charge in [-0.15, -0.1) is 0 Å². The van der Waals surface area contributed by atoms with E-state index in [0.29, 0.717) is 37.4 Å². The minimum atomic E-state index is -0.179. The van der Waals surface area contributed by atoms with Gasteiger partial charge < -0.3 is 24.4 Å². The number of ether oxygens (including phenoxy) is 3. The SMILES string of the molecule is C1=CC2NC=C(/C=N/Nc3cc(N4CCOCC4)nc(CCC4OCCCO4)n3)C2C=C1. The van der Waals surface area contributed by atoms with Gasteiger partial charge in [-0.05, 0) is 12.0 Å². The molecule has 5 rings (SSSR count). The lowest BCUT2D eigenvalue weighted by atomic mass is 9.92. The Bertz CT molecular complexity index is 903. The molecule has 0 saturated carbocycles. The number of aryl methyl sites for hydroxylation is 1. The maximum atomic E-state index is 5.68. The lowest BCUT2D eigenvalue weighted by Crippen LogP contribution is -2.37. The van der Waals surface area contributed by atoms with Crippen LogP contribution < -0.4 is 15.6 Å². The first-order valence-electron chi connectivity index (χ1n) is 11.4. The summed E-state index contributed by atoms with van der Waals surface area (Å²) >= 11 is 0. The fourth-order valence-corrected chi connectivity index (χ4v) is 4.23. The van der Waals surface area contributed by atoms with E-state index in [1.165, 1.54) is 0 Å². The van der Waals surface area contributed by atoms with Crippen molar-refractivity contribution in [1.82, 2.24) is 15.3 Å². The molecule has 2 N–H and O–H groups in total. The third-order valence-electron chi connectivity index (χ3n) is 5.95. The number of rotatable bonds is 7. The molecule has 2 saturated heterocycles. The molecule has 2 fully saturated rings. The van der Waals surface area contributed by atoms with Crippen molar-refractivity contribution in [2.75, 3.05) is 49.8 Å². The maximum Gasteiger partial charge on any atom is 0.158 e. The van der Waals surface area contributed by atoms with E-state index >= 15 is 0 Å². The first-order chi connectivity index (χ1) is 15.8. The third-order valence-corrected chi connectivity index (χ3v) is 5.95. The van der Waals surface area contributed by atoms with Crippen molar-refractivity contribution < 1.29 is 14.2 Å². The van der Waals surface area contributed by atoms with E-state index in [9.17, 15) is 0 Å². The fraction of sp³-hybridized carbons (Fsp3) is 0.522. The van der Waals surface area contributed by atoms with E-state index in [4.69, 9.17) is 24.2 Å². The average molecular weight is 439 g/mol. The predicted octanol–water partition coefficient (Wildman–Crippen LogP) is 2.00. The van der Waals surface area contributed by atoms with Crippen LogP contribution in [0.5, 0.6) is 0 Å². The number of hydrogen-bond donors (Lipinski definition) is 2. The number of nitrogens with zero attached hydrogens (tertiary/aromatic N) is 4. The Morgan fingerprint density at radius 1 is 1.12 bits per heavy atom. The summed E-state index contributed by atoms with van der Waals surface area (Å²) in [6.45, 7) is 4.53. The molecule has 9 nitrogen and oxygen atoms in total. The zero-order chi connectivity index (χ0) is 21.6. The number of nitrogens with one attached hydrogen (secondary N) is 2. The molecular weight excluding hydrogens is 408 g/mol. The van der Waals surface area contributed by atoms with Crippen LogP contribution in [-0.2, 0) is 20.6 Å². The van der Waals surface area contributed by atoms with Crippen LogP contribution in [0.15, 0.2) is 47.2 Å². The molecule has 1 aromatic rings. The molecule has 0 aromatic carbocycles. The molecule has 4 heterocycles. The van der Waals surface area contributed by atoms with Gasteiger partial charge in [-0.25, -0.2) is 9.97 Å². The van der Waals surface area contributed by atoms with E-state index in [1.54, 1.807) is 0 Å². The Balaban J connectivity index is 1.27. The second kappa shape index (κ2) is 10.2. The number of anilines is 2. The van der Waals surface area contributed by atoms with Gasteiger partial charge in [-0.2, -0.15) is 5.10 Å². The van der Waals surface area contributed by atoms with Crippen molar-refractivity contribution in [1.29, 1.82) is 0 Å². The van der Waals surface area contributed by atoms with Gasteiger partial charge in [-0.3, -0.25) is 5.43 Å². The molecular formula is C23H30N6O3. The zero-order valence-electron chi connectivity index (χ0n) is 18.2. The van der Waals surface area contributed by atoms with Crippen LogP contribution in [0.4, 0.5) is 11.6 Å². The summed E-state index contributed by atoms with van der Waals surface area (Å²) in [6, 6.07) is 2.26. The highest BCUT2D eigenvalue weighted by Gasteiger charge is 2.25.